The molecule has 0 saturated carbocycles. The topological polar surface area (TPSA) is 54.0 Å². The number of ether oxygens (including phenoxy) is 2. The van der Waals surface area contributed by atoms with E-state index >= 15 is 0 Å². The fourth-order valence-electron chi connectivity index (χ4n) is 2.57. The number of hydrogen-bond donors (Lipinski definition) is 2. The molecular formula is C16H26N2O3. The van der Waals surface area contributed by atoms with Gasteiger partial charge in [0.15, 0.2) is 11.5 Å². The number of benzene rings is 1. The van der Waals surface area contributed by atoms with Gasteiger partial charge in [0, 0.05) is 12.6 Å². The van der Waals surface area contributed by atoms with Crippen LogP contribution in [0.5, 0.6) is 11.5 Å². The standard InChI is InChI=1S/C16H26N2O3/c1-18-7-5-14(6-8-18)17-12-13-3-4-15(21-10-9-19)16(11-13)20-2/h3-4,11,14,17,19H,5-10,12H2,1-2H3. The molecule has 1 aromatic carbocycles. The lowest BCUT2D eigenvalue weighted by molar-refractivity contribution is 0.196. The van der Waals surface area contributed by atoms with Gasteiger partial charge in [0.05, 0.1) is 13.7 Å². The summed E-state index contributed by atoms with van der Waals surface area (Å²) in [5.74, 6) is 1.39. The maximum atomic E-state index is 8.81. The number of aliphatic hydroxyl groups excluding tert-OH is 1. The van der Waals surface area contributed by atoms with Gasteiger partial charge in [-0.05, 0) is 50.7 Å². The molecule has 0 aromatic heterocycles. The molecule has 0 bridgehead atoms. The third kappa shape index (κ3) is 4.88. The zero-order chi connectivity index (χ0) is 15.1. The first-order chi connectivity index (χ1) is 10.2. The molecule has 5 heteroatoms. The van der Waals surface area contributed by atoms with Gasteiger partial charge in [-0.25, -0.2) is 0 Å². The lowest BCUT2D eigenvalue weighted by Crippen LogP contribution is -2.40. The van der Waals surface area contributed by atoms with Gasteiger partial charge in [0.2, 0.25) is 0 Å². The van der Waals surface area contributed by atoms with Gasteiger partial charge in [-0.1, -0.05) is 6.07 Å². The van der Waals surface area contributed by atoms with Gasteiger partial charge in [-0.15, -0.1) is 0 Å². The highest BCUT2D eigenvalue weighted by Crippen LogP contribution is 2.28. The lowest BCUT2D eigenvalue weighted by atomic mass is 10.1. The highest BCUT2D eigenvalue weighted by Gasteiger charge is 2.16. The van der Waals surface area contributed by atoms with Crippen molar-refractivity contribution in [3.63, 3.8) is 0 Å². The van der Waals surface area contributed by atoms with E-state index in [1.54, 1.807) is 7.11 Å². The van der Waals surface area contributed by atoms with Gasteiger partial charge in [-0.2, -0.15) is 0 Å². The van der Waals surface area contributed by atoms with Crippen LogP contribution < -0.4 is 14.8 Å². The molecule has 5 nitrogen and oxygen atoms in total. The number of methoxy groups -OCH3 is 1. The Morgan fingerprint density at radius 3 is 2.71 bits per heavy atom. The van der Waals surface area contributed by atoms with Crippen LogP contribution in [-0.2, 0) is 6.54 Å². The molecule has 2 rings (SSSR count). The van der Waals surface area contributed by atoms with Gasteiger partial charge < -0.3 is 24.8 Å². The SMILES string of the molecule is COc1cc(CNC2CCN(C)CC2)ccc1OCCO. The van der Waals surface area contributed by atoms with Gasteiger partial charge in [-0.3, -0.25) is 0 Å². The summed E-state index contributed by atoms with van der Waals surface area (Å²) in [7, 11) is 3.81. The van der Waals surface area contributed by atoms with E-state index in [0.29, 0.717) is 17.5 Å². The van der Waals surface area contributed by atoms with Crippen molar-refractivity contribution in [3.05, 3.63) is 23.8 Å². The molecule has 0 radical (unpaired) electrons. The summed E-state index contributed by atoms with van der Waals surface area (Å²) in [6, 6.07) is 6.53. The Balaban J connectivity index is 1.88. The fourth-order valence-corrected chi connectivity index (χ4v) is 2.57. The molecule has 1 heterocycles. The predicted octanol–water partition coefficient (Wildman–Crippen LogP) is 1.25. The van der Waals surface area contributed by atoms with Crippen LogP contribution in [0, 0.1) is 0 Å². The molecule has 0 amide bonds. The maximum Gasteiger partial charge on any atom is 0.161 e. The minimum atomic E-state index is 0.00257. The average Bonchev–Trinajstić information content (AvgIpc) is 2.52. The molecule has 2 N–H and O–H groups in total. The number of rotatable bonds is 7. The fraction of sp³-hybridized carbons (Fsp3) is 0.625. The largest absolute Gasteiger partial charge is 0.493 e. The summed E-state index contributed by atoms with van der Waals surface area (Å²) in [5.41, 5.74) is 1.18. The Labute approximate surface area is 126 Å². The van der Waals surface area contributed by atoms with E-state index in [1.807, 2.05) is 18.2 Å². The van der Waals surface area contributed by atoms with Gasteiger partial charge in [0.1, 0.15) is 6.61 Å². The van der Waals surface area contributed by atoms with Gasteiger partial charge >= 0.3 is 0 Å². The molecular weight excluding hydrogens is 268 g/mol. The second kappa shape index (κ2) is 8.22. The first-order valence-electron chi connectivity index (χ1n) is 7.55. The van der Waals surface area contributed by atoms with Crippen LogP contribution in [0.25, 0.3) is 0 Å². The average molecular weight is 294 g/mol. The molecule has 0 spiro atoms. The summed E-state index contributed by atoms with van der Waals surface area (Å²) >= 11 is 0. The molecule has 1 aliphatic rings. The van der Waals surface area contributed by atoms with E-state index in [-0.39, 0.29) is 13.2 Å². The zero-order valence-electron chi connectivity index (χ0n) is 13.0. The Hall–Kier alpha value is -1.30. The van der Waals surface area contributed by atoms with Crippen molar-refractivity contribution in [2.75, 3.05) is 40.5 Å². The van der Waals surface area contributed by atoms with Crippen molar-refractivity contribution in [1.82, 2.24) is 10.2 Å². The Morgan fingerprint density at radius 1 is 1.29 bits per heavy atom. The molecule has 0 atom stereocenters. The van der Waals surface area contributed by atoms with Crippen molar-refractivity contribution in [2.45, 2.75) is 25.4 Å². The number of hydrogen-bond acceptors (Lipinski definition) is 5. The number of nitrogens with one attached hydrogen (secondary N) is 1. The summed E-state index contributed by atoms with van der Waals surface area (Å²) in [6.07, 6.45) is 2.40. The predicted molar refractivity (Wildman–Crippen MR) is 82.9 cm³/mol. The van der Waals surface area contributed by atoms with Crippen LogP contribution in [0.1, 0.15) is 18.4 Å². The van der Waals surface area contributed by atoms with E-state index in [2.05, 4.69) is 17.3 Å². The van der Waals surface area contributed by atoms with Crippen LogP contribution in [-0.4, -0.2) is 56.5 Å². The van der Waals surface area contributed by atoms with Crippen molar-refractivity contribution in [3.8, 4) is 11.5 Å². The lowest BCUT2D eigenvalue weighted by Gasteiger charge is -2.29. The number of likely N-dealkylation sites (tertiary alicyclic amines) is 1. The molecule has 1 fully saturated rings. The summed E-state index contributed by atoms with van der Waals surface area (Å²) in [5, 5.41) is 12.4. The van der Waals surface area contributed by atoms with Crippen LogP contribution in [0.3, 0.4) is 0 Å². The molecule has 1 aliphatic heterocycles. The first-order valence-corrected chi connectivity index (χ1v) is 7.55. The van der Waals surface area contributed by atoms with Crippen molar-refractivity contribution >= 4 is 0 Å². The number of piperidine rings is 1. The molecule has 21 heavy (non-hydrogen) atoms. The quantitative estimate of drug-likeness (QED) is 0.793. The molecule has 0 aliphatic carbocycles. The number of aliphatic hydroxyl groups is 1. The Morgan fingerprint density at radius 2 is 2.05 bits per heavy atom. The second-order valence-electron chi connectivity index (χ2n) is 5.52. The summed E-state index contributed by atoms with van der Waals surface area (Å²) in [4.78, 5) is 2.37. The van der Waals surface area contributed by atoms with Crippen molar-refractivity contribution in [2.24, 2.45) is 0 Å². The molecule has 1 aromatic rings. The van der Waals surface area contributed by atoms with E-state index < -0.39 is 0 Å². The van der Waals surface area contributed by atoms with Crippen LogP contribution in [0.4, 0.5) is 0 Å². The molecule has 1 saturated heterocycles. The highest BCUT2D eigenvalue weighted by atomic mass is 16.5. The number of nitrogens with zero attached hydrogens (tertiary/aromatic N) is 1. The summed E-state index contributed by atoms with van der Waals surface area (Å²) in [6.45, 7) is 3.45. The smallest absolute Gasteiger partial charge is 0.161 e. The minimum Gasteiger partial charge on any atom is -0.493 e. The normalized spacial score (nSPS) is 16.9. The molecule has 0 unspecified atom stereocenters. The second-order valence-corrected chi connectivity index (χ2v) is 5.52. The third-order valence-electron chi connectivity index (χ3n) is 3.89. The summed E-state index contributed by atoms with van der Waals surface area (Å²) < 4.78 is 10.8. The van der Waals surface area contributed by atoms with Crippen molar-refractivity contribution < 1.29 is 14.6 Å². The van der Waals surface area contributed by atoms with Crippen LogP contribution >= 0.6 is 0 Å². The van der Waals surface area contributed by atoms with Gasteiger partial charge in [0.25, 0.3) is 0 Å². The van der Waals surface area contributed by atoms with Crippen LogP contribution in [0.15, 0.2) is 18.2 Å². The zero-order valence-corrected chi connectivity index (χ0v) is 13.0. The Kier molecular flexibility index (Phi) is 6.29. The molecule has 118 valence electrons. The van der Waals surface area contributed by atoms with E-state index in [0.717, 1.165) is 19.6 Å². The third-order valence-corrected chi connectivity index (χ3v) is 3.89. The highest BCUT2D eigenvalue weighted by molar-refractivity contribution is 5.42. The monoisotopic (exact) mass is 294 g/mol. The maximum absolute atomic E-state index is 8.81. The first kappa shape index (κ1) is 16.1. The van der Waals surface area contributed by atoms with Crippen LogP contribution in [0.2, 0.25) is 0 Å². The minimum absolute atomic E-state index is 0.00257. The van der Waals surface area contributed by atoms with E-state index in [9.17, 15) is 0 Å². The van der Waals surface area contributed by atoms with Crippen molar-refractivity contribution in [1.29, 1.82) is 0 Å². The van der Waals surface area contributed by atoms with E-state index in [4.69, 9.17) is 14.6 Å². The Bertz CT molecular complexity index is 432. The van der Waals surface area contributed by atoms with E-state index in [1.165, 1.54) is 18.4 Å².